The van der Waals surface area contributed by atoms with Crippen molar-refractivity contribution in [1.82, 2.24) is 5.32 Å². The quantitative estimate of drug-likeness (QED) is 0.750. The largest absolute Gasteiger partial charge is 0.487 e. The first-order valence-electron chi connectivity index (χ1n) is 7.80. The zero-order chi connectivity index (χ0) is 14.7. The topological polar surface area (TPSA) is 21.3 Å². The number of hydrogen-bond donors (Lipinski definition) is 1. The molecule has 0 amide bonds. The normalized spacial score (nSPS) is 16.7. The van der Waals surface area contributed by atoms with Gasteiger partial charge in [0.15, 0.2) is 0 Å². The maximum atomic E-state index is 6.37. The maximum Gasteiger partial charge on any atom is 0.120 e. The van der Waals surface area contributed by atoms with Gasteiger partial charge >= 0.3 is 0 Å². The molecule has 0 aliphatic heterocycles. The van der Waals surface area contributed by atoms with Crippen LogP contribution in [-0.2, 0) is 0 Å². The molecule has 112 valence electrons. The van der Waals surface area contributed by atoms with Gasteiger partial charge in [-0.05, 0) is 73.8 Å². The summed E-state index contributed by atoms with van der Waals surface area (Å²) in [6.07, 6.45) is 4.74. The van der Waals surface area contributed by atoms with Crippen LogP contribution in [0.3, 0.4) is 0 Å². The smallest absolute Gasteiger partial charge is 0.120 e. The molecule has 3 heteroatoms. The average Bonchev–Trinajstić information content (AvgIpc) is 2.45. The fraction of sp³-hybridized carbons (Fsp3) is 0.444. The summed E-state index contributed by atoms with van der Waals surface area (Å²) < 4.78 is 7.49. The van der Waals surface area contributed by atoms with Gasteiger partial charge in [-0.3, -0.25) is 0 Å². The Balaban J connectivity index is 1.75. The highest BCUT2D eigenvalue weighted by Gasteiger charge is 2.38. The van der Waals surface area contributed by atoms with Crippen LogP contribution in [0.25, 0.3) is 10.8 Å². The Hall–Kier alpha value is -1.06. The molecule has 0 aromatic heterocycles. The van der Waals surface area contributed by atoms with Gasteiger partial charge in [-0.15, -0.1) is 0 Å². The minimum atomic E-state index is 0.0607. The van der Waals surface area contributed by atoms with Crippen molar-refractivity contribution < 1.29 is 4.74 Å². The van der Waals surface area contributed by atoms with Crippen LogP contribution in [0.1, 0.15) is 32.6 Å². The molecule has 0 spiro atoms. The predicted octanol–water partition coefficient (Wildman–Crippen LogP) is 4.90. The van der Waals surface area contributed by atoms with E-state index in [4.69, 9.17) is 4.74 Å². The summed E-state index contributed by atoms with van der Waals surface area (Å²) in [7, 11) is 0. The highest BCUT2D eigenvalue weighted by atomic mass is 79.9. The molecule has 3 rings (SSSR count). The molecule has 21 heavy (non-hydrogen) atoms. The Morgan fingerprint density at radius 2 is 1.90 bits per heavy atom. The molecule has 0 radical (unpaired) electrons. The lowest BCUT2D eigenvalue weighted by molar-refractivity contribution is -0.0140. The second-order valence-corrected chi connectivity index (χ2v) is 6.81. The molecular weight excluding hydrogens is 326 g/mol. The number of nitrogens with one attached hydrogen (secondary N) is 1. The van der Waals surface area contributed by atoms with Gasteiger partial charge in [0.2, 0.25) is 0 Å². The van der Waals surface area contributed by atoms with Crippen LogP contribution in [0.2, 0.25) is 0 Å². The van der Waals surface area contributed by atoms with Crippen LogP contribution in [0.5, 0.6) is 5.75 Å². The third-order valence-corrected chi connectivity index (χ3v) is 4.87. The molecule has 0 bridgehead atoms. The number of ether oxygens (including phenoxy) is 1. The van der Waals surface area contributed by atoms with Crippen molar-refractivity contribution in [3.8, 4) is 5.75 Å². The van der Waals surface area contributed by atoms with E-state index in [-0.39, 0.29) is 5.60 Å². The van der Waals surface area contributed by atoms with Gasteiger partial charge in [-0.2, -0.15) is 0 Å². The molecule has 0 saturated heterocycles. The van der Waals surface area contributed by atoms with E-state index in [0.29, 0.717) is 0 Å². The fourth-order valence-corrected chi connectivity index (χ4v) is 3.35. The van der Waals surface area contributed by atoms with Crippen molar-refractivity contribution in [1.29, 1.82) is 0 Å². The molecule has 1 saturated carbocycles. The monoisotopic (exact) mass is 347 g/mol. The molecule has 1 aliphatic carbocycles. The van der Waals surface area contributed by atoms with E-state index >= 15 is 0 Å². The van der Waals surface area contributed by atoms with E-state index in [1.807, 2.05) is 0 Å². The highest BCUT2D eigenvalue weighted by molar-refractivity contribution is 9.10. The summed E-state index contributed by atoms with van der Waals surface area (Å²) in [6, 6.07) is 12.8. The average molecular weight is 348 g/mol. The minimum absolute atomic E-state index is 0.0607. The van der Waals surface area contributed by atoms with Crippen LogP contribution in [0.4, 0.5) is 0 Å². The summed E-state index contributed by atoms with van der Waals surface area (Å²) in [4.78, 5) is 0. The zero-order valence-electron chi connectivity index (χ0n) is 12.5. The summed E-state index contributed by atoms with van der Waals surface area (Å²) in [5.41, 5.74) is 0.0607. The second kappa shape index (κ2) is 6.37. The first kappa shape index (κ1) is 14.9. The van der Waals surface area contributed by atoms with Crippen molar-refractivity contribution in [2.45, 2.75) is 38.2 Å². The minimum Gasteiger partial charge on any atom is -0.487 e. The van der Waals surface area contributed by atoms with Gasteiger partial charge < -0.3 is 10.1 Å². The van der Waals surface area contributed by atoms with E-state index in [1.165, 1.54) is 30.0 Å². The Morgan fingerprint density at radius 1 is 1.14 bits per heavy atom. The van der Waals surface area contributed by atoms with Gasteiger partial charge in [0.1, 0.15) is 11.4 Å². The van der Waals surface area contributed by atoms with E-state index in [0.717, 1.165) is 29.7 Å². The molecule has 2 aromatic rings. The van der Waals surface area contributed by atoms with E-state index in [9.17, 15) is 0 Å². The lowest BCUT2D eigenvalue weighted by atomic mass is 9.77. The number of benzene rings is 2. The molecular formula is C18H22BrNO. The number of hydrogen-bond acceptors (Lipinski definition) is 2. The standard InChI is InChI=1S/C18H22BrNO/c1-2-20-11-10-18(8-3-9-18)21-17-7-5-14-12-16(19)6-4-15(14)13-17/h4-7,12-13,20H,2-3,8-11H2,1H3. The summed E-state index contributed by atoms with van der Waals surface area (Å²) in [5.74, 6) is 1.00. The fourth-order valence-electron chi connectivity index (χ4n) is 2.98. The predicted molar refractivity (Wildman–Crippen MR) is 92.0 cm³/mol. The molecule has 0 atom stereocenters. The van der Waals surface area contributed by atoms with Crippen LogP contribution in [-0.4, -0.2) is 18.7 Å². The van der Waals surface area contributed by atoms with Crippen LogP contribution in [0, 0.1) is 0 Å². The molecule has 0 unspecified atom stereocenters. The van der Waals surface area contributed by atoms with Gasteiger partial charge in [-0.25, -0.2) is 0 Å². The second-order valence-electron chi connectivity index (χ2n) is 5.90. The summed E-state index contributed by atoms with van der Waals surface area (Å²) in [6.45, 7) is 4.22. The Labute approximate surface area is 135 Å². The van der Waals surface area contributed by atoms with Crippen molar-refractivity contribution in [2.24, 2.45) is 0 Å². The van der Waals surface area contributed by atoms with Gasteiger partial charge in [0.05, 0.1) is 0 Å². The Morgan fingerprint density at radius 3 is 2.62 bits per heavy atom. The van der Waals surface area contributed by atoms with Gasteiger partial charge in [0, 0.05) is 4.47 Å². The molecule has 0 heterocycles. The third kappa shape index (κ3) is 3.41. The molecule has 1 N–H and O–H groups in total. The van der Waals surface area contributed by atoms with E-state index in [2.05, 4.69) is 64.6 Å². The molecule has 2 aromatic carbocycles. The SMILES string of the molecule is CCNCCC1(Oc2ccc3cc(Br)ccc3c2)CCC1. The number of halogens is 1. The maximum absolute atomic E-state index is 6.37. The van der Waals surface area contributed by atoms with Gasteiger partial charge in [-0.1, -0.05) is 35.0 Å². The first-order chi connectivity index (χ1) is 10.2. The van der Waals surface area contributed by atoms with Crippen molar-refractivity contribution in [3.05, 3.63) is 40.9 Å². The van der Waals surface area contributed by atoms with Crippen molar-refractivity contribution in [2.75, 3.05) is 13.1 Å². The van der Waals surface area contributed by atoms with Crippen LogP contribution < -0.4 is 10.1 Å². The lowest BCUT2D eigenvalue weighted by Crippen LogP contribution is -2.45. The third-order valence-electron chi connectivity index (χ3n) is 4.38. The van der Waals surface area contributed by atoms with Gasteiger partial charge in [0.25, 0.3) is 0 Å². The van der Waals surface area contributed by atoms with Crippen molar-refractivity contribution in [3.63, 3.8) is 0 Å². The Bertz CT molecular complexity index is 622. The Kier molecular flexibility index (Phi) is 4.51. The van der Waals surface area contributed by atoms with Crippen LogP contribution in [0.15, 0.2) is 40.9 Å². The highest BCUT2D eigenvalue weighted by Crippen LogP contribution is 2.39. The molecule has 2 nitrogen and oxygen atoms in total. The van der Waals surface area contributed by atoms with E-state index < -0.39 is 0 Å². The number of rotatable bonds is 6. The van der Waals surface area contributed by atoms with E-state index in [1.54, 1.807) is 0 Å². The number of fused-ring (bicyclic) bond motifs is 1. The zero-order valence-corrected chi connectivity index (χ0v) is 14.1. The molecule has 1 aliphatic rings. The lowest BCUT2D eigenvalue weighted by Gasteiger charge is -2.42. The summed E-state index contributed by atoms with van der Waals surface area (Å²) in [5, 5.41) is 5.88. The van der Waals surface area contributed by atoms with Crippen molar-refractivity contribution >= 4 is 26.7 Å². The first-order valence-corrected chi connectivity index (χ1v) is 8.59. The molecule has 1 fully saturated rings. The summed E-state index contributed by atoms with van der Waals surface area (Å²) >= 11 is 3.52. The van der Waals surface area contributed by atoms with Crippen LogP contribution >= 0.6 is 15.9 Å².